The Labute approximate surface area is 110 Å². The van der Waals surface area contributed by atoms with Crippen LogP contribution in [0, 0.1) is 10.1 Å². The molecule has 1 aliphatic carbocycles. The molecular formula is C11H17N5O3. The van der Waals surface area contributed by atoms with Crippen molar-refractivity contribution in [1.82, 2.24) is 4.98 Å². The minimum Gasteiger partial charge on any atom is -0.379 e. The SMILES string of the molecule is COC1CCCC1Nc1cc([N+](=O)[O-])cc(NN)n1. The molecule has 1 heterocycles. The van der Waals surface area contributed by atoms with Gasteiger partial charge in [-0.15, -0.1) is 0 Å². The summed E-state index contributed by atoms with van der Waals surface area (Å²) < 4.78 is 5.37. The third-order valence-electron chi connectivity index (χ3n) is 3.26. The molecule has 0 aromatic carbocycles. The van der Waals surface area contributed by atoms with Crippen molar-refractivity contribution < 1.29 is 9.66 Å². The van der Waals surface area contributed by atoms with Gasteiger partial charge in [0.15, 0.2) is 0 Å². The number of hydrogen-bond donors (Lipinski definition) is 3. The largest absolute Gasteiger partial charge is 0.379 e. The van der Waals surface area contributed by atoms with Gasteiger partial charge in [0.25, 0.3) is 5.69 Å². The molecule has 2 unspecified atom stereocenters. The van der Waals surface area contributed by atoms with E-state index in [1.165, 1.54) is 12.1 Å². The lowest BCUT2D eigenvalue weighted by atomic mass is 10.2. The molecule has 0 radical (unpaired) electrons. The van der Waals surface area contributed by atoms with E-state index in [0.717, 1.165) is 19.3 Å². The molecule has 8 nitrogen and oxygen atoms in total. The predicted octanol–water partition coefficient (Wildman–Crippen LogP) is 1.25. The number of nitrogens with two attached hydrogens (primary N) is 1. The van der Waals surface area contributed by atoms with E-state index in [4.69, 9.17) is 10.6 Å². The number of nitrogens with one attached hydrogen (secondary N) is 2. The summed E-state index contributed by atoms with van der Waals surface area (Å²) in [6.45, 7) is 0. The van der Waals surface area contributed by atoms with Crippen molar-refractivity contribution in [2.75, 3.05) is 17.9 Å². The monoisotopic (exact) mass is 267 g/mol. The van der Waals surface area contributed by atoms with Crippen molar-refractivity contribution in [1.29, 1.82) is 0 Å². The summed E-state index contributed by atoms with van der Waals surface area (Å²) in [5, 5.41) is 14.0. The van der Waals surface area contributed by atoms with E-state index >= 15 is 0 Å². The van der Waals surface area contributed by atoms with Crippen LogP contribution in [0.25, 0.3) is 0 Å². The Morgan fingerprint density at radius 2 is 2.21 bits per heavy atom. The molecule has 19 heavy (non-hydrogen) atoms. The number of nitrogens with zero attached hydrogens (tertiary/aromatic N) is 2. The van der Waals surface area contributed by atoms with E-state index in [9.17, 15) is 10.1 Å². The summed E-state index contributed by atoms with van der Waals surface area (Å²) in [4.78, 5) is 14.5. The summed E-state index contributed by atoms with van der Waals surface area (Å²) in [7, 11) is 1.67. The van der Waals surface area contributed by atoms with Crippen LogP contribution in [0.2, 0.25) is 0 Å². The van der Waals surface area contributed by atoms with Crippen LogP contribution in [-0.2, 0) is 4.74 Å². The van der Waals surface area contributed by atoms with Crippen LogP contribution >= 0.6 is 0 Å². The van der Waals surface area contributed by atoms with Gasteiger partial charge in [-0.05, 0) is 19.3 Å². The number of nitro groups is 1. The molecule has 0 saturated heterocycles. The molecule has 1 saturated carbocycles. The van der Waals surface area contributed by atoms with Crippen LogP contribution in [0.1, 0.15) is 19.3 Å². The van der Waals surface area contributed by atoms with Crippen molar-refractivity contribution >= 4 is 17.3 Å². The van der Waals surface area contributed by atoms with Gasteiger partial charge in [0.1, 0.15) is 11.6 Å². The highest BCUT2D eigenvalue weighted by atomic mass is 16.6. The lowest BCUT2D eigenvalue weighted by Gasteiger charge is -2.20. The first-order chi connectivity index (χ1) is 9.13. The molecule has 4 N–H and O–H groups in total. The van der Waals surface area contributed by atoms with Gasteiger partial charge in [-0.1, -0.05) is 0 Å². The fraction of sp³-hybridized carbons (Fsp3) is 0.545. The van der Waals surface area contributed by atoms with Crippen molar-refractivity contribution in [3.8, 4) is 0 Å². The molecule has 2 rings (SSSR count). The number of anilines is 2. The molecule has 0 aliphatic heterocycles. The highest BCUT2D eigenvalue weighted by Gasteiger charge is 2.27. The number of nitrogen functional groups attached to an aromatic ring is 1. The van der Waals surface area contributed by atoms with Gasteiger partial charge in [-0.25, -0.2) is 10.8 Å². The number of hydrazine groups is 1. The van der Waals surface area contributed by atoms with Gasteiger partial charge in [0.2, 0.25) is 0 Å². The first-order valence-electron chi connectivity index (χ1n) is 6.06. The Hall–Kier alpha value is -1.93. The second kappa shape index (κ2) is 5.81. The zero-order chi connectivity index (χ0) is 13.8. The lowest BCUT2D eigenvalue weighted by Crippen LogP contribution is -2.30. The first kappa shape index (κ1) is 13.5. The molecule has 0 spiro atoms. The summed E-state index contributed by atoms with van der Waals surface area (Å²) in [6.07, 6.45) is 3.10. The Balaban J connectivity index is 2.19. The van der Waals surface area contributed by atoms with Crippen LogP contribution in [-0.4, -0.2) is 29.2 Å². The maximum Gasteiger partial charge on any atom is 0.276 e. The normalized spacial score (nSPS) is 22.2. The topological polar surface area (TPSA) is 115 Å². The Morgan fingerprint density at radius 3 is 2.84 bits per heavy atom. The summed E-state index contributed by atoms with van der Waals surface area (Å²) in [5.74, 6) is 5.94. The van der Waals surface area contributed by atoms with Gasteiger partial charge in [-0.2, -0.15) is 0 Å². The Kier molecular flexibility index (Phi) is 4.13. The van der Waals surface area contributed by atoms with Crippen LogP contribution in [0.4, 0.5) is 17.3 Å². The number of methoxy groups -OCH3 is 1. The molecule has 0 bridgehead atoms. The molecule has 1 aliphatic rings. The predicted molar refractivity (Wildman–Crippen MR) is 70.8 cm³/mol. The van der Waals surface area contributed by atoms with E-state index in [2.05, 4.69) is 15.7 Å². The number of rotatable bonds is 5. The lowest BCUT2D eigenvalue weighted by molar-refractivity contribution is -0.384. The quantitative estimate of drug-likeness (QED) is 0.417. The van der Waals surface area contributed by atoms with Crippen molar-refractivity contribution in [3.05, 3.63) is 22.2 Å². The minimum atomic E-state index is -0.476. The molecule has 8 heteroatoms. The smallest absolute Gasteiger partial charge is 0.276 e. The van der Waals surface area contributed by atoms with Crippen LogP contribution in [0.3, 0.4) is 0 Å². The molecule has 1 fully saturated rings. The van der Waals surface area contributed by atoms with Crippen molar-refractivity contribution in [2.24, 2.45) is 5.84 Å². The third kappa shape index (κ3) is 3.09. The molecular weight excluding hydrogens is 250 g/mol. The standard InChI is InChI=1S/C11H17N5O3/c1-19-9-4-2-3-8(9)13-10-5-7(16(17)18)6-11(14-10)15-12/h5-6,8-9H,2-4,12H2,1H3,(H2,13,14,15). The summed E-state index contributed by atoms with van der Waals surface area (Å²) in [5.41, 5.74) is 2.27. The van der Waals surface area contributed by atoms with E-state index < -0.39 is 4.92 Å². The number of pyridine rings is 1. The van der Waals surface area contributed by atoms with E-state index in [0.29, 0.717) is 5.82 Å². The summed E-state index contributed by atoms with van der Waals surface area (Å²) >= 11 is 0. The van der Waals surface area contributed by atoms with Gasteiger partial charge in [0.05, 0.1) is 29.2 Å². The minimum absolute atomic E-state index is 0.0580. The van der Waals surface area contributed by atoms with Crippen LogP contribution in [0.5, 0.6) is 0 Å². The van der Waals surface area contributed by atoms with Crippen LogP contribution < -0.4 is 16.6 Å². The van der Waals surface area contributed by atoms with Crippen molar-refractivity contribution in [3.63, 3.8) is 0 Å². The molecule has 1 aromatic rings. The average Bonchev–Trinajstić information content (AvgIpc) is 2.85. The van der Waals surface area contributed by atoms with Crippen LogP contribution in [0.15, 0.2) is 12.1 Å². The Morgan fingerprint density at radius 1 is 1.47 bits per heavy atom. The Bertz CT molecular complexity index is 468. The molecule has 1 aromatic heterocycles. The maximum atomic E-state index is 10.8. The second-order valence-electron chi connectivity index (χ2n) is 4.45. The second-order valence-corrected chi connectivity index (χ2v) is 4.45. The first-order valence-corrected chi connectivity index (χ1v) is 6.06. The number of aromatic nitrogens is 1. The number of ether oxygens (including phenoxy) is 1. The summed E-state index contributed by atoms with van der Waals surface area (Å²) in [6, 6.07) is 2.80. The number of hydrogen-bond acceptors (Lipinski definition) is 7. The fourth-order valence-corrected chi connectivity index (χ4v) is 2.33. The van der Waals surface area contributed by atoms with Crippen molar-refractivity contribution in [2.45, 2.75) is 31.4 Å². The zero-order valence-corrected chi connectivity index (χ0v) is 10.6. The third-order valence-corrected chi connectivity index (χ3v) is 3.26. The van der Waals surface area contributed by atoms with Gasteiger partial charge < -0.3 is 15.5 Å². The van der Waals surface area contributed by atoms with E-state index in [1.807, 2.05) is 0 Å². The van der Waals surface area contributed by atoms with Gasteiger partial charge in [-0.3, -0.25) is 10.1 Å². The molecule has 2 atom stereocenters. The highest BCUT2D eigenvalue weighted by Crippen LogP contribution is 2.26. The maximum absolute atomic E-state index is 10.8. The highest BCUT2D eigenvalue weighted by molar-refractivity contribution is 5.54. The van der Waals surface area contributed by atoms with Gasteiger partial charge in [0, 0.05) is 7.11 Å². The van der Waals surface area contributed by atoms with Gasteiger partial charge >= 0.3 is 0 Å². The average molecular weight is 267 g/mol. The fourth-order valence-electron chi connectivity index (χ4n) is 2.33. The van der Waals surface area contributed by atoms with E-state index in [-0.39, 0.29) is 23.7 Å². The van der Waals surface area contributed by atoms with E-state index in [1.54, 1.807) is 7.11 Å². The molecule has 0 amide bonds. The zero-order valence-electron chi connectivity index (χ0n) is 10.6. The molecule has 104 valence electrons.